The lowest BCUT2D eigenvalue weighted by atomic mass is 9.85. The fourth-order valence-electron chi connectivity index (χ4n) is 7.49. The Morgan fingerprint density at radius 3 is 2.63 bits per heavy atom. The van der Waals surface area contributed by atoms with Gasteiger partial charge in [0.1, 0.15) is 29.5 Å². The van der Waals surface area contributed by atoms with Crippen molar-refractivity contribution in [3.8, 4) is 11.6 Å². The van der Waals surface area contributed by atoms with Crippen LogP contribution in [-0.4, -0.2) is 89.4 Å². The number of sulfonamides is 1. The van der Waals surface area contributed by atoms with Crippen LogP contribution in [0.25, 0.3) is 10.8 Å². The number of hydrogen-bond acceptors (Lipinski definition) is 9. The first-order valence-corrected chi connectivity index (χ1v) is 19.4. The molecule has 14 nitrogen and oxygen atoms in total. The van der Waals surface area contributed by atoms with Crippen LogP contribution in [-0.2, 0) is 24.4 Å². The van der Waals surface area contributed by atoms with E-state index in [1.54, 1.807) is 12.3 Å². The molecule has 1 saturated heterocycles. The zero-order valence-electron chi connectivity index (χ0n) is 29.2. The van der Waals surface area contributed by atoms with Crippen molar-refractivity contribution < 1.29 is 42.2 Å². The van der Waals surface area contributed by atoms with E-state index in [4.69, 9.17) is 9.47 Å². The van der Waals surface area contributed by atoms with Crippen LogP contribution in [0.15, 0.2) is 42.6 Å². The summed E-state index contributed by atoms with van der Waals surface area (Å²) in [5.41, 5.74) is -1.52. The molecule has 0 spiro atoms. The standard InChI is InChI=1S/C36H47N5O9S/c1-4-22-16-21(3)8-6-7-9-24-19-36(24,34(44)40-51(47,48)27-11-12-27)39-31(42)29-18-26(20-41(29)33(43)30(22)38-35(45)46)50-32-28-13-10-25(49-5-2)17-23(28)14-15-37-32/h7,9-10,13-15,17,21-22,24,26-27,29-30,38H,4-6,8,11-12,16,18-20H2,1-3H3,(H,39,42)(H,40,44)(H,45,46)/b9-7-/t21-,22+,24?,26+,29-,30-,36?/m0/s1. The van der Waals surface area contributed by atoms with Crippen LogP contribution < -0.4 is 24.8 Å². The number of carbonyl (C=O) groups excluding carboxylic acids is 3. The van der Waals surface area contributed by atoms with Gasteiger partial charge in [0.2, 0.25) is 27.7 Å². The lowest BCUT2D eigenvalue weighted by molar-refractivity contribution is -0.142. The summed E-state index contributed by atoms with van der Waals surface area (Å²) in [4.78, 5) is 60.3. The molecule has 4 amide bonds. The van der Waals surface area contributed by atoms with Crippen LogP contribution in [0.3, 0.4) is 0 Å². The molecule has 2 aromatic rings. The Hall–Kier alpha value is -4.40. The molecule has 15 heteroatoms. The third-order valence-electron chi connectivity index (χ3n) is 10.5. The number of nitrogens with one attached hydrogen (secondary N) is 3. The van der Waals surface area contributed by atoms with Gasteiger partial charge in [-0.15, -0.1) is 0 Å². The normalized spacial score (nSPS) is 30.5. The van der Waals surface area contributed by atoms with Crippen LogP contribution in [0, 0.1) is 17.8 Å². The summed E-state index contributed by atoms with van der Waals surface area (Å²) in [7, 11) is -3.90. The van der Waals surface area contributed by atoms with E-state index in [2.05, 4.69) is 27.3 Å². The highest BCUT2D eigenvalue weighted by Crippen LogP contribution is 2.46. The third kappa shape index (κ3) is 7.92. The maximum absolute atomic E-state index is 14.5. The molecule has 6 rings (SSSR count). The van der Waals surface area contributed by atoms with Gasteiger partial charge in [0.05, 0.1) is 18.4 Å². The molecule has 0 radical (unpaired) electrons. The van der Waals surface area contributed by atoms with Gasteiger partial charge in [0.15, 0.2) is 0 Å². The number of nitrogens with zero attached hydrogens (tertiary/aromatic N) is 2. The van der Waals surface area contributed by atoms with Crippen LogP contribution in [0.1, 0.15) is 72.1 Å². The highest BCUT2D eigenvalue weighted by molar-refractivity contribution is 7.91. The number of hydrogen-bond donors (Lipinski definition) is 4. The number of benzene rings is 1. The monoisotopic (exact) mass is 725 g/mol. The van der Waals surface area contributed by atoms with Crippen molar-refractivity contribution in [2.24, 2.45) is 17.8 Å². The fourth-order valence-corrected chi connectivity index (χ4v) is 8.85. The number of carboxylic acid groups (broad SMARTS) is 1. The predicted molar refractivity (Wildman–Crippen MR) is 187 cm³/mol. The largest absolute Gasteiger partial charge is 0.494 e. The number of pyridine rings is 1. The molecular weight excluding hydrogens is 678 g/mol. The van der Waals surface area contributed by atoms with E-state index in [0.717, 1.165) is 11.8 Å². The molecule has 2 unspecified atom stereocenters. The van der Waals surface area contributed by atoms with Crippen LogP contribution in [0.4, 0.5) is 4.79 Å². The molecular formula is C36H47N5O9S. The molecule has 2 aliphatic carbocycles. The smallest absolute Gasteiger partial charge is 0.405 e. The summed E-state index contributed by atoms with van der Waals surface area (Å²) < 4.78 is 39.8. The lowest BCUT2D eigenvalue weighted by Gasteiger charge is -2.33. The minimum absolute atomic E-state index is 0.0260. The molecule has 51 heavy (non-hydrogen) atoms. The predicted octanol–water partition coefficient (Wildman–Crippen LogP) is 3.50. The Balaban J connectivity index is 1.34. The van der Waals surface area contributed by atoms with E-state index in [9.17, 15) is 32.7 Å². The highest BCUT2D eigenvalue weighted by Gasteiger charge is 2.62. The number of fused-ring (bicyclic) bond motifs is 3. The minimum atomic E-state index is -3.90. The molecule has 0 bridgehead atoms. The van der Waals surface area contributed by atoms with Gasteiger partial charge in [-0.2, -0.15) is 0 Å². The van der Waals surface area contributed by atoms with E-state index < -0.39 is 68.7 Å². The zero-order chi connectivity index (χ0) is 36.5. The van der Waals surface area contributed by atoms with E-state index in [1.807, 2.05) is 44.2 Å². The molecule has 3 fully saturated rings. The number of allylic oxidation sites excluding steroid dienone is 1. The number of rotatable bonds is 9. The van der Waals surface area contributed by atoms with Gasteiger partial charge in [-0.1, -0.05) is 32.4 Å². The van der Waals surface area contributed by atoms with Gasteiger partial charge < -0.3 is 30.1 Å². The number of ether oxygens (including phenoxy) is 2. The average molecular weight is 726 g/mol. The van der Waals surface area contributed by atoms with Crippen LogP contribution in [0.5, 0.6) is 11.6 Å². The Labute approximate surface area is 297 Å². The second-order valence-corrected chi connectivity index (χ2v) is 16.3. The molecule has 1 aromatic heterocycles. The summed E-state index contributed by atoms with van der Waals surface area (Å²) >= 11 is 0. The Kier molecular flexibility index (Phi) is 10.5. The van der Waals surface area contributed by atoms with Crippen molar-refractivity contribution in [3.63, 3.8) is 0 Å². The van der Waals surface area contributed by atoms with Crippen molar-refractivity contribution >= 4 is 44.6 Å². The van der Waals surface area contributed by atoms with Crippen molar-refractivity contribution in [1.29, 1.82) is 0 Å². The second-order valence-electron chi connectivity index (χ2n) is 14.3. The van der Waals surface area contributed by atoms with Crippen molar-refractivity contribution in [2.75, 3.05) is 13.2 Å². The third-order valence-corrected chi connectivity index (χ3v) is 12.4. The van der Waals surface area contributed by atoms with E-state index in [-0.39, 0.29) is 31.2 Å². The van der Waals surface area contributed by atoms with Gasteiger partial charge in [0, 0.05) is 23.9 Å². The first-order chi connectivity index (χ1) is 24.3. The van der Waals surface area contributed by atoms with Gasteiger partial charge in [-0.25, -0.2) is 18.2 Å². The zero-order valence-corrected chi connectivity index (χ0v) is 30.0. The SMILES string of the molecule is CCOc1ccc2c(O[C@@H]3C[C@H]4C(=O)NC5(C(=O)NS(=O)(=O)C6CC6)CC5/C=C\CC[C@H](C)C[C@@H](CC)[C@H](NC(=O)O)C(=O)N4C3)nccc2c1. The average Bonchev–Trinajstić information content (AvgIpc) is 4.01. The van der Waals surface area contributed by atoms with Crippen molar-refractivity contribution in [1.82, 2.24) is 25.2 Å². The Morgan fingerprint density at radius 1 is 1.14 bits per heavy atom. The van der Waals surface area contributed by atoms with E-state index >= 15 is 0 Å². The maximum Gasteiger partial charge on any atom is 0.405 e. The summed E-state index contributed by atoms with van der Waals surface area (Å²) in [5, 5.41) is 16.0. The topological polar surface area (TPSA) is 193 Å². The molecule has 1 aromatic carbocycles. The van der Waals surface area contributed by atoms with Gasteiger partial charge in [-0.05, 0) is 86.9 Å². The number of aromatic nitrogens is 1. The fraction of sp³-hybridized carbons (Fsp3) is 0.583. The van der Waals surface area contributed by atoms with Crippen LogP contribution >= 0.6 is 0 Å². The molecule has 276 valence electrons. The van der Waals surface area contributed by atoms with Gasteiger partial charge >= 0.3 is 6.09 Å². The van der Waals surface area contributed by atoms with E-state index in [1.165, 1.54) is 4.90 Å². The minimum Gasteiger partial charge on any atom is -0.494 e. The molecule has 3 heterocycles. The maximum atomic E-state index is 14.5. The Morgan fingerprint density at radius 2 is 1.92 bits per heavy atom. The quantitative estimate of drug-likeness (QED) is 0.278. The first kappa shape index (κ1) is 36.4. The lowest BCUT2D eigenvalue weighted by Crippen LogP contribution is -2.59. The number of carbonyl (C=O) groups is 4. The van der Waals surface area contributed by atoms with Crippen molar-refractivity contribution in [2.45, 2.75) is 101 Å². The number of amides is 4. The summed E-state index contributed by atoms with van der Waals surface area (Å²) in [6, 6.07) is 5.04. The summed E-state index contributed by atoms with van der Waals surface area (Å²) in [5.74, 6) is -1.70. The molecule has 2 saturated carbocycles. The molecule has 2 aliphatic heterocycles. The molecule has 7 atom stereocenters. The van der Waals surface area contributed by atoms with Gasteiger partial charge in [0.25, 0.3) is 5.91 Å². The van der Waals surface area contributed by atoms with E-state index in [0.29, 0.717) is 55.7 Å². The summed E-state index contributed by atoms with van der Waals surface area (Å²) in [6.45, 7) is 6.31. The first-order valence-electron chi connectivity index (χ1n) is 17.9. The second kappa shape index (κ2) is 14.7. The van der Waals surface area contributed by atoms with Gasteiger partial charge in [-0.3, -0.25) is 19.1 Å². The summed E-state index contributed by atoms with van der Waals surface area (Å²) in [6.07, 6.45) is 6.98. The molecule has 4 aliphatic rings. The van der Waals surface area contributed by atoms with Crippen LogP contribution in [0.2, 0.25) is 0 Å². The highest BCUT2D eigenvalue weighted by atomic mass is 32.2. The van der Waals surface area contributed by atoms with Crippen molar-refractivity contribution in [3.05, 3.63) is 42.6 Å². The molecule has 4 N–H and O–H groups in total. The Bertz CT molecular complexity index is 1810.